The summed E-state index contributed by atoms with van der Waals surface area (Å²) in [4.78, 5) is 13.2. The number of morpholine rings is 1. The summed E-state index contributed by atoms with van der Waals surface area (Å²) in [6.45, 7) is 1.15. The van der Waals surface area contributed by atoms with Crippen molar-refractivity contribution >= 4 is 5.91 Å². The predicted molar refractivity (Wildman–Crippen MR) is 47.5 cm³/mol. The molecule has 2 saturated heterocycles. The van der Waals surface area contributed by atoms with Gasteiger partial charge in [-0.2, -0.15) is 0 Å². The Morgan fingerprint density at radius 1 is 1.57 bits per heavy atom. The summed E-state index contributed by atoms with van der Waals surface area (Å²) < 4.78 is 10.5. The molecule has 0 aromatic heterocycles. The molecular formula is C9H15NO4. The van der Waals surface area contributed by atoms with E-state index in [-0.39, 0.29) is 31.4 Å². The molecule has 2 aliphatic heterocycles. The molecule has 5 heteroatoms. The molecule has 0 aliphatic carbocycles. The summed E-state index contributed by atoms with van der Waals surface area (Å²) in [6.07, 6.45) is 1.69. The van der Waals surface area contributed by atoms with Crippen LogP contribution in [0.15, 0.2) is 0 Å². The maximum Gasteiger partial charge on any atom is 0.251 e. The third-order valence-corrected chi connectivity index (χ3v) is 2.64. The zero-order chi connectivity index (χ0) is 9.97. The van der Waals surface area contributed by atoms with E-state index in [0.717, 1.165) is 12.8 Å². The van der Waals surface area contributed by atoms with Crippen LogP contribution in [-0.2, 0) is 14.3 Å². The highest BCUT2D eigenvalue weighted by Gasteiger charge is 2.35. The SMILES string of the molecule is O=C1COCC(CO)N1C1CCCO1. The minimum Gasteiger partial charge on any atom is -0.394 e. The van der Waals surface area contributed by atoms with Crippen LogP contribution in [0.3, 0.4) is 0 Å². The first kappa shape index (κ1) is 9.89. The Bertz CT molecular complexity index is 213. The highest BCUT2D eigenvalue weighted by Crippen LogP contribution is 2.21. The van der Waals surface area contributed by atoms with Crippen molar-refractivity contribution in [1.29, 1.82) is 0 Å². The van der Waals surface area contributed by atoms with Crippen molar-refractivity contribution in [3.05, 3.63) is 0 Å². The number of aliphatic hydroxyl groups is 1. The highest BCUT2D eigenvalue weighted by atomic mass is 16.5. The number of rotatable bonds is 2. The van der Waals surface area contributed by atoms with E-state index in [9.17, 15) is 4.79 Å². The summed E-state index contributed by atoms with van der Waals surface area (Å²) in [5.74, 6) is -0.0813. The molecule has 2 rings (SSSR count). The van der Waals surface area contributed by atoms with Crippen molar-refractivity contribution in [2.75, 3.05) is 26.4 Å². The Kier molecular flexibility index (Phi) is 3.00. The van der Waals surface area contributed by atoms with Crippen LogP contribution in [0.1, 0.15) is 12.8 Å². The van der Waals surface area contributed by atoms with Crippen LogP contribution in [0, 0.1) is 0 Å². The molecule has 2 aliphatic rings. The summed E-state index contributed by atoms with van der Waals surface area (Å²) in [5, 5.41) is 9.11. The molecule has 80 valence electrons. The lowest BCUT2D eigenvalue weighted by atomic mass is 10.2. The van der Waals surface area contributed by atoms with E-state index < -0.39 is 0 Å². The van der Waals surface area contributed by atoms with Gasteiger partial charge in [0.25, 0.3) is 5.91 Å². The van der Waals surface area contributed by atoms with Crippen molar-refractivity contribution in [1.82, 2.24) is 4.90 Å². The lowest BCUT2D eigenvalue weighted by Gasteiger charge is -2.37. The molecule has 1 amide bonds. The fourth-order valence-corrected chi connectivity index (χ4v) is 1.96. The smallest absolute Gasteiger partial charge is 0.251 e. The van der Waals surface area contributed by atoms with Gasteiger partial charge in [-0.25, -0.2) is 0 Å². The topological polar surface area (TPSA) is 59.0 Å². The van der Waals surface area contributed by atoms with Crippen LogP contribution >= 0.6 is 0 Å². The third-order valence-electron chi connectivity index (χ3n) is 2.64. The van der Waals surface area contributed by atoms with Gasteiger partial charge in [0.15, 0.2) is 0 Å². The molecule has 0 saturated carbocycles. The van der Waals surface area contributed by atoms with Crippen LogP contribution in [0.25, 0.3) is 0 Å². The minimum atomic E-state index is -0.237. The average Bonchev–Trinajstić information content (AvgIpc) is 2.70. The maximum absolute atomic E-state index is 11.6. The highest BCUT2D eigenvalue weighted by molar-refractivity contribution is 5.78. The van der Waals surface area contributed by atoms with Crippen molar-refractivity contribution in [3.63, 3.8) is 0 Å². The maximum atomic E-state index is 11.6. The molecule has 2 unspecified atom stereocenters. The van der Waals surface area contributed by atoms with Crippen LogP contribution in [0.4, 0.5) is 0 Å². The van der Waals surface area contributed by atoms with Gasteiger partial charge in [0.05, 0.1) is 19.3 Å². The second-order valence-electron chi connectivity index (χ2n) is 3.62. The van der Waals surface area contributed by atoms with Gasteiger partial charge in [-0.3, -0.25) is 4.79 Å². The third kappa shape index (κ3) is 1.75. The van der Waals surface area contributed by atoms with Gasteiger partial charge in [0, 0.05) is 6.61 Å². The largest absolute Gasteiger partial charge is 0.394 e. The van der Waals surface area contributed by atoms with Gasteiger partial charge in [-0.05, 0) is 12.8 Å². The number of aliphatic hydroxyl groups excluding tert-OH is 1. The lowest BCUT2D eigenvalue weighted by Crippen LogP contribution is -2.55. The van der Waals surface area contributed by atoms with E-state index in [1.165, 1.54) is 0 Å². The van der Waals surface area contributed by atoms with Crippen molar-refractivity contribution in [2.45, 2.75) is 25.1 Å². The molecular weight excluding hydrogens is 186 g/mol. The molecule has 5 nitrogen and oxygen atoms in total. The zero-order valence-corrected chi connectivity index (χ0v) is 8.02. The number of ether oxygens (including phenoxy) is 2. The molecule has 14 heavy (non-hydrogen) atoms. The van der Waals surface area contributed by atoms with Gasteiger partial charge in [0.1, 0.15) is 12.8 Å². The van der Waals surface area contributed by atoms with E-state index in [4.69, 9.17) is 14.6 Å². The van der Waals surface area contributed by atoms with Crippen molar-refractivity contribution in [3.8, 4) is 0 Å². The number of hydrogen-bond acceptors (Lipinski definition) is 4. The first-order valence-electron chi connectivity index (χ1n) is 4.94. The number of nitrogens with zero attached hydrogens (tertiary/aromatic N) is 1. The standard InChI is InChI=1S/C9H15NO4/c11-4-7-5-13-6-8(12)10(7)9-2-1-3-14-9/h7,9,11H,1-6H2. The minimum absolute atomic E-state index is 0.0639. The Labute approximate surface area is 82.6 Å². The Balaban J connectivity index is 2.06. The summed E-state index contributed by atoms with van der Waals surface area (Å²) in [5.41, 5.74) is 0. The van der Waals surface area contributed by atoms with E-state index in [0.29, 0.717) is 13.2 Å². The Morgan fingerprint density at radius 3 is 3.07 bits per heavy atom. The molecule has 2 heterocycles. The van der Waals surface area contributed by atoms with Gasteiger partial charge in [-0.15, -0.1) is 0 Å². The number of carbonyl (C=O) groups excluding carboxylic acids is 1. The summed E-state index contributed by atoms with van der Waals surface area (Å²) in [6, 6.07) is -0.237. The first-order chi connectivity index (χ1) is 6.83. The molecule has 0 spiro atoms. The van der Waals surface area contributed by atoms with E-state index in [2.05, 4.69) is 0 Å². The zero-order valence-electron chi connectivity index (χ0n) is 8.02. The molecule has 2 fully saturated rings. The molecule has 1 N–H and O–H groups in total. The van der Waals surface area contributed by atoms with E-state index in [1.807, 2.05) is 0 Å². The first-order valence-corrected chi connectivity index (χ1v) is 4.94. The number of amides is 1. The van der Waals surface area contributed by atoms with Crippen LogP contribution < -0.4 is 0 Å². The van der Waals surface area contributed by atoms with Gasteiger partial charge >= 0.3 is 0 Å². The molecule has 0 bridgehead atoms. The summed E-state index contributed by atoms with van der Waals surface area (Å²) in [7, 11) is 0. The average molecular weight is 201 g/mol. The van der Waals surface area contributed by atoms with Crippen LogP contribution in [-0.4, -0.2) is 54.6 Å². The molecule has 0 radical (unpaired) electrons. The predicted octanol–water partition coefficient (Wildman–Crippen LogP) is -0.657. The van der Waals surface area contributed by atoms with Gasteiger partial charge in [0.2, 0.25) is 0 Å². The number of carbonyl (C=O) groups is 1. The van der Waals surface area contributed by atoms with Crippen LogP contribution in [0.2, 0.25) is 0 Å². The molecule has 0 aromatic carbocycles. The monoisotopic (exact) mass is 201 g/mol. The van der Waals surface area contributed by atoms with Gasteiger partial charge in [-0.1, -0.05) is 0 Å². The quantitative estimate of drug-likeness (QED) is 0.644. The van der Waals surface area contributed by atoms with E-state index >= 15 is 0 Å². The Morgan fingerprint density at radius 2 is 2.43 bits per heavy atom. The van der Waals surface area contributed by atoms with Crippen molar-refractivity contribution < 1.29 is 19.4 Å². The van der Waals surface area contributed by atoms with Gasteiger partial charge < -0.3 is 19.5 Å². The van der Waals surface area contributed by atoms with E-state index in [1.54, 1.807) is 4.90 Å². The fraction of sp³-hybridized carbons (Fsp3) is 0.889. The second-order valence-corrected chi connectivity index (χ2v) is 3.62. The summed E-state index contributed by atoms with van der Waals surface area (Å²) >= 11 is 0. The Hall–Kier alpha value is -0.650. The molecule has 0 aromatic rings. The number of hydrogen-bond donors (Lipinski definition) is 1. The van der Waals surface area contributed by atoms with Crippen LogP contribution in [0.5, 0.6) is 0 Å². The second kappa shape index (κ2) is 4.25. The molecule has 2 atom stereocenters. The fourth-order valence-electron chi connectivity index (χ4n) is 1.96. The normalized spacial score (nSPS) is 33.8. The van der Waals surface area contributed by atoms with Crippen molar-refractivity contribution in [2.24, 2.45) is 0 Å². The lowest BCUT2D eigenvalue weighted by molar-refractivity contribution is -0.168.